The average Bonchev–Trinajstić information content (AvgIpc) is 2.70. The lowest BCUT2D eigenvalue weighted by molar-refractivity contribution is 0.170. The molecular weight excluding hydrogens is 287 g/mol. The maximum Gasteiger partial charge on any atom is 0.137 e. The molecule has 3 nitrogen and oxygen atoms in total. The highest BCUT2D eigenvalue weighted by Crippen LogP contribution is 2.21. The highest BCUT2D eigenvalue weighted by atomic mass is 79.9. The minimum absolute atomic E-state index is 0.302. The van der Waals surface area contributed by atoms with Crippen LogP contribution in [0.2, 0.25) is 0 Å². The van der Waals surface area contributed by atoms with Gasteiger partial charge < -0.3 is 9.67 Å². The van der Waals surface area contributed by atoms with E-state index in [4.69, 9.17) is 0 Å². The van der Waals surface area contributed by atoms with Gasteiger partial charge >= 0.3 is 0 Å². The summed E-state index contributed by atoms with van der Waals surface area (Å²) in [6.07, 6.45) is 3.06. The molecule has 1 aromatic carbocycles. The standard InChI is InChI=1S/C12H12BrFN2O/c1-16-7-15-6-11(16)12(17)5-8-2-3-10(14)9(13)4-8/h2-4,6-7,12,17H,5H2,1H3. The van der Waals surface area contributed by atoms with E-state index in [1.807, 2.05) is 7.05 Å². The molecule has 0 bridgehead atoms. The summed E-state index contributed by atoms with van der Waals surface area (Å²) in [5.41, 5.74) is 1.61. The van der Waals surface area contributed by atoms with Crippen LogP contribution in [0.25, 0.3) is 0 Å². The summed E-state index contributed by atoms with van der Waals surface area (Å²) in [7, 11) is 1.83. The zero-order chi connectivity index (χ0) is 12.4. The highest BCUT2D eigenvalue weighted by Gasteiger charge is 2.12. The predicted molar refractivity (Wildman–Crippen MR) is 66.0 cm³/mol. The van der Waals surface area contributed by atoms with Crippen molar-refractivity contribution < 1.29 is 9.50 Å². The molecule has 0 saturated heterocycles. The number of hydrogen-bond acceptors (Lipinski definition) is 2. The van der Waals surface area contributed by atoms with Crippen LogP contribution in [0, 0.1) is 5.82 Å². The van der Waals surface area contributed by atoms with E-state index in [-0.39, 0.29) is 5.82 Å². The van der Waals surface area contributed by atoms with Gasteiger partial charge in [-0.3, -0.25) is 0 Å². The van der Waals surface area contributed by atoms with Crippen molar-refractivity contribution >= 4 is 15.9 Å². The van der Waals surface area contributed by atoms with E-state index < -0.39 is 6.10 Å². The number of aromatic nitrogens is 2. The topological polar surface area (TPSA) is 38.0 Å². The number of aliphatic hydroxyl groups is 1. The van der Waals surface area contributed by atoms with Crippen LogP contribution in [0.5, 0.6) is 0 Å². The average molecular weight is 299 g/mol. The van der Waals surface area contributed by atoms with Crippen molar-refractivity contribution in [3.05, 3.63) is 52.3 Å². The van der Waals surface area contributed by atoms with E-state index in [9.17, 15) is 9.50 Å². The summed E-state index contributed by atoms with van der Waals surface area (Å²) in [5, 5.41) is 10.0. The Kier molecular flexibility index (Phi) is 3.59. The van der Waals surface area contributed by atoms with Crippen LogP contribution in [-0.2, 0) is 13.5 Å². The summed E-state index contributed by atoms with van der Waals surface area (Å²) in [5.74, 6) is -0.302. The Bertz CT molecular complexity index is 527. The van der Waals surface area contributed by atoms with Crippen molar-refractivity contribution in [3.8, 4) is 0 Å². The van der Waals surface area contributed by atoms with E-state index in [2.05, 4.69) is 20.9 Å². The van der Waals surface area contributed by atoms with Gasteiger partial charge in [-0.25, -0.2) is 9.37 Å². The van der Waals surface area contributed by atoms with Crippen molar-refractivity contribution in [2.45, 2.75) is 12.5 Å². The van der Waals surface area contributed by atoms with Crippen LogP contribution in [0.3, 0.4) is 0 Å². The van der Waals surface area contributed by atoms with Gasteiger partial charge in [0.1, 0.15) is 5.82 Å². The molecule has 1 N–H and O–H groups in total. The van der Waals surface area contributed by atoms with Crippen LogP contribution < -0.4 is 0 Å². The third kappa shape index (κ3) is 2.73. The minimum atomic E-state index is -0.639. The van der Waals surface area contributed by atoms with E-state index in [1.54, 1.807) is 29.2 Å². The first-order chi connectivity index (χ1) is 8.08. The van der Waals surface area contributed by atoms with Gasteiger partial charge in [0.05, 0.1) is 28.8 Å². The van der Waals surface area contributed by atoms with Gasteiger partial charge in [0, 0.05) is 13.5 Å². The number of halogens is 2. The first-order valence-electron chi connectivity index (χ1n) is 5.16. The lowest BCUT2D eigenvalue weighted by atomic mass is 10.1. The summed E-state index contributed by atoms with van der Waals surface area (Å²) < 4.78 is 15.2. The van der Waals surface area contributed by atoms with Crippen LogP contribution >= 0.6 is 15.9 Å². The fraction of sp³-hybridized carbons (Fsp3) is 0.250. The molecule has 2 aromatic rings. The van der Waals surface area contributed by atoms with E-state index in [0.717, 1.165) is 11.3 Å². The second-order valence-electron chi connectivity index (χ2n) is 3.90. The SMILES string of the molecule is Cn1cncc1C(O)Cc1ccc(F)c(Br)c1. The largest absolute Gasteiger partial charge is 0.386 e. The Morgan fingerprint density at radius 3 is 2.88 bits per heavy atom. The van der Waals surface area contributed by atoms with Crippen LogP contribution in [0.1, 0.15) is 17.4 Å². The molecule has 5 heteroatoms. The van der Waals surface area contributed by atoms with Crippen molar-refractivity contribution in [1.29, 1.82) is 0 Å². The van der Waals surface area contributed by atoms with Crippen molar-refractivity contribution in [2.24, 2.45) is 7.05 Å². The lowest BCUT2D eigenvalue weighted by Gasteiger charge is -2.11. The normalized spacial score (nSPS) is 12.7. The number of aryl methyl sites for hydroxylation is 1. The molecule has 0 aliphatic carbocycles. The first-order valence-corrected chi connectivity index (χ1v) is 5.95. The summed E-state index contributed by atoms with van der Waals surface area (Å²) >= 11 is 3.12. The fourth-order valence-corrected chi connectivity index (χ4v) is 2.11. The Morgan fingerprint density at radius 1 is 1.53 bits per heavy atom. The molecule has 0 aliphatic rings. The molecule has 0 saturated carbocycles. The molecule has 2 rings (SSSR count). The van der Waals surface area contributed by atoms with Crippen LogP contribution in [0.4, 0.5) is 4.39 Å². The number of nitrogens with zero attached hydrogens (tertiary/aromatic N) is 2. The molecule has 0 fully saturated rings. The summed E-state index contributed by atoms with van der Waals surface area (Å²) in [6.45, 7) is 0. The third-order valence-electron chi connectivity index (χ3n) is 2.61. The number of hydrogen-bond donors (Lipinski definition) is 1. The summed E-state index contributed by atoms with van der Waals surface area (Å²) in [6, 6.07) is 4.73. The van der Waals surface area contributed by atoms with Gasteiger partial charge in [0.15, 0.2) is 0 Å². The lowest BCUT2D eigenvalue weighted by Crippen LogP contribution is -2.06. The number of rotatable bonds is 3. The second-order valence-corrected chi connectivity index (χ2v) is 4.75. The molecule has 1 unspecified atom stereocenters. The smallest absolute Gasteiger partial charge is 0.137 e. The van der Waals surface area contributed by atoms with Gasteiger partial charge in [0.2, 0.25) is 0 Å². The minimum Gasteiger partial charge on any atom is -0.386 e. The monoisotopic (exact) mass is 298 g/mol. The molecule has 90 valence electrons. The molecule has 0 amide bonds. The molecule has 0 spiro atoms. The van der Waals surface area contributed by atoms with Crippen molar-refractivity contribution in [2.75, 3.05) is 0 Å². The molecule has 1 heterocycles. The molecular formula is C12H12BrFN2O. The number of imidazole rings is 1. The molecule has 0 radical (unpaired) electrons. The van der Waals surface area contributed by atoms with Crippen molar-refractivity contribution in [3.63, 3.8) is 0 Å². The Labute approximate surface area is 107 Å². The zero-order valence-corrected chi connectivity index (χ0v) is 10.9. The zero-order valence-electron chi connectivity index (χ0n) is 9.27. The second kappa shape index (κ2) is 4.98. The predicted octanol–water partition coefficient (Wildman–Crippen LogP) is 2.60. The van der Waals surface area contributed by atoms with Crippen molar-refractivity contribution in [1.82, 2.24) is 9.55 Å². The number of aliphatic hydroxyl groups excluding tert-OH is 1. The van der Waals surface area contributed by atoms with Crippen LogP contribution in [-0.4, -0.2) is 14.7 Å². The van der Waals surface area contributed by atoms with Gasteiger partial charge in [-0.05, 0) is 33.6 Å². The quantitative estimate of drug-likeness (QED) is 0.946. The highest BCUT2D eigenvalue weighted by molar-refractivity contribution is 9.10. The number of benzene rings is 1. The van der Waals surface area contributed by atoms with Gasteiger partial charge in [-0.15, -0.1) is 0 Å². The van der Waals surface area contributed by atoms with E-state index in [1.165, 1.54) is 6.07 Å². The Hall–Kier alpha value is -1.20. The van der Waals surface area contributed by atoms with E-state index >= 15 is 0 Å². The van der Waals surface area contributed by atoms with Gasteiger partial charge in [0.25, 0.3) is 0 Å². The fourth-order valence-electron chi connectivity index (χ4n) is 1.68. The van der Waals surface area contributed by atoms with Gasteiger partial charge in [-0.1, -0.05) is 6.07 Å². The maximum atomic E-state index is 13.1. The Balaban J connectivity index is 2.16. The first kappa shape index (κ1) is 12.3. The van der Waals surface area contributed by atoms with Gasteiger partial charge in [-0.2, -0.15) is 0 Å². The third-order valence-corrected chi connectivity index (χ3v) is 3.22. The molecule has 17 heavy (non-hydrogen) atoms. The molecule has 1 aromatic heterocycles. The van der Waals surface area contributed by atoms with E-state index in [0.29, 0.717) is 10.9 Å². The Morgan fingerprint density at radius 2 is 2.29 bits per heavy atom. The van der Waals surface area contributed by atoms with Crippen LogP contribution in [0.15, 0.2) is 35.2 Å². The molecule has 0 aliphatic heterocycles. The maximum absolute atomic E-state index is 13.1. The summed E-state index contributed by atoms with van der Waals surface area (Å²) in [4.78, 5) is 3.95. The molecule has 1 atom stereocenters.